The summed E-state index contributed by atoms with van der Waals surface area (Å²) < 4.78 is 25.2. The molecule has 1 fully saturated rings. The molecule has 110 valence electrons. The summed E-state index contributed by atoms with van der Waals surface area (Å²) in [4.78, 5) is 12.0. The second kappa shape index (κ2) is 6.97. The van der Waals surface area contributed by atoms with Crippen molar-refractivity contribution in [3.05, 3.63) is 35.6 Å². The number of nitrogens with one attached hydrogen (secondary N) is 1. The third-order valence-electron chi connectivity index (χ3n) is 3.66. The highest BCUT2D eigenvalue weighted by atomic mass is 32.2. The largest absolute Gasteiger partial charge is 0.352 e. The molecule has 3 nitrogen and oxygen atoms in total. The van der Waals surface area contributed by atoms with E-state index in [9.17, 15) is 13.4 Å². The smallest absolute Gasteiger partial charge is 0.235 e. The number of carbonyl (C=O) groups excluding carboxylic acids is 1. The lowest BCUT2D eigenvalue weighted by molar-refractivity contribution is -0.121. The van der Waals surface area contributed by atoms with Gasteiger partial charge in [0.25, 0.3) is 0 Å². The lowest BCUT2D eigenvalue weighted by Crippen LogP contribution is -2.40. The van der Waals surface area contributed by atoms with E-state index in [0.29, 0.717) is 5.56 Å². The van der Waals surface area contributed by atoms with Crippen LogP contribution in [0.4, 0.5) is 4.39 Å². The molecule has 0 heterocycles. The second-order valence-electron chi connectivity index (χ2n) is 5.29. The van der Waals surface area contributed by atoms with E-state index in [1.807, 2.05) is 0 Å². The van der Waals surface area contributed by atoms with E-state index in [1.165, 1.54) is 12.1 Å². The maximum absolute atomic E-state index is 13.1. The molecule has 5 heteroatoms. The van der Waals surface area contributed by atoms with Crippen molar-refractivity contribution >= 4 is 16.7 Å². The molecule has 0 aliphatic heterocycles. The lowest BCUT2D eigenvalue weighted by Gasteiger charge is -2.16. The third-order valence-corrected chi connectivity index (χ3v) is 5.28. The van der Waals surface area contributed by atoms with Crippen LogP contribution in [0.1, 0.15) is 38.2 Å². The Morgan fingerprint density at radius 2 is 2.15 bits per heavy atom. The van der Waals surface area contributed by atoms with Gasteiger partial charge in [0.15, 0.2) is 0 Å². The summed E-state index contributed by atoms with van der Waals surface area (Å²) in [6.07, 6.45) is 4.31. The van der Waals surface area contributed by atoms with Crippen molar-refractivity contribution in [2.24, 2.45) is 0 Å². The molecule has 0 spiro atoms. The summed E-state index contributed by atoms with van der Waals surface area (Å²) in [5, 5.41) is 2.38. The van der Waals surface area contributed by atoms with Crippen LogP contribution in [0.25, 0.3) is 0 Å². The molecule has 0 radical (unpaired) electrons. The molecule has 1 aliphatic carbocycles. The quantitative estimate of drug-likeness (QED) is 0.908. The average Bonchev–Trinajstić information content (AvgIpc) is 2.90. The first-order valence-corrected chi connectivity index (χ1v) is 8.36. The fourth-order valence-electron chi connectivity index (χ4n) is 2.42. The molecule has 1 amide bonds. The second-order valence-corrected chi connectivity index (χ2v) is 7.04. The van der Waals surface area contributed by atoms with Crippen molar-refractivity contribution in [3.8, 4) is 0 Å². The van der Waals surface area contributed by atoms with Crippen molar-refractivity contribution in [2.45, 2.75) is 49.7 Å². The standard InChI is InChI=1S/C15H20FNO2S/c1-11(15(18)17-14-7-2-3-8-14)20(19)10-12-5-4-6-13(16)9-12/h4-6,9,11,14H,2-3,7-8,10H2,1H3,(H,17,18)/t11-,20+/m0/s1. The molecule has 1 aromatic rings. The van der Waals surface area contributed by atoms with Crippen LogP contribution in [0.5, 0.6) is 0 Å². The van der Waals surface area contributed by atoms with Gasteiger partial charge < -0.3 is 5.32 Å². The normalized spacial score (nSPS) is 18.7. The van der Waals surface area contributed by atoms with E-state index in [1.54, 1.807) is 19.1 Å². The fraction of sp³-hybridized carbons (Fsp3) is 0.533. The van der Waals surface area contributed by atoms with Crippen LogP contribution in [0.3, 0.4) is 0 Å². The van der Waals surface area contributed by atoms with Crippen LogP contribution in [0.2, 0.25) is 0 Å². The summed E-state index contributed by atoms with van der Waals surface area (Å²) in [5.41, 5.74) is 0.656. The number of benzene rings is 1. The first-order valence-electron chi connectivity index (χ1n) is 6.98. The monoisotopic (exact) mass is 297 g/mol. The maximum Gasteiger partial charge on any atom is 0.235 e. The molecule has 0 aromatic heterocycles. The summed E-state index contributed by atoms with van der Waals surface area (Å²) in [5.74, 6) is -0.300. The zero-order chi connectivity index (χ0) is 14.5. The number of hydrogen-bond donors (Lipinski definition) is 1. The van der Waals surface area contributed by atoms with Crippen LogP contribution in [-0.4, -0.2) is 21.4 Å². The van der Waals surface area contributed by atoms with Crippen LogP contribution < -0.4 is 5.32 Å². The fourth-order valence-corrected chi connectivity index (χ4v) is 3.49. The predicted molar refractivity (Wildman–Crippen MR) is 78.1 cm³/mol. The molecule has 0 bridgehead atoms. The number of hydrogen-bond acceptors (Lipinski definition) is 2. The first kappa shape index (κ1) is 15.2. The van der Waals surface area contributed by atoms with Gasteiger partial charge in [-0.05, 0) is 37.5 Å². The van der Waals surface area contributed by atoms with E-state index in [2.05, 4.69) is 5.32 Å². The molecule has 1 N–H and O–H groups in total. The average molecular weight is 297 g/mol. The SMILES string of the molecule is C[C@@H](C(=O)NC1CCCC1)[S@](=O)Cc1cccc(F)c1. The number of halogens is 1. The minimum atomic E-state index is -1.33. The molecule has 0 unspecified atom stereocenters. The highest BCUT2D eigenvalue weighted by molar-refractivity contribution is 7.85. The van der Waals surface area contributed by atoms with Gasteiger partial charge in [0.05, 0.1) is 0 Å². The zero-order valence-corrected chi connectivity index (χ0v) is 12.4. The topological polar surface area (TPSA) is 46.2 Å². The Morgan fingerprint density at radius 1 is 1.45 bits per heavy atom. The molecule has 1 aliphatic rings. The van der Waals surface area contributed by atoms with Crippen molar-refractivity contribution < 1.29 is 13.4 Å². The highest BCUT2D eigenvalue weighted by Gasteiger charge is 2.24. The van der Waals surface area contributed by atoms with Gasteiger partial charge in [0.2, 0.25) is 5.91 Å². The molecule has 1 aromatic carbocycles. The Balaban J connectivity index is 1.89. The number of rotatable bonds is 5. The maximum atomic E-state index is 13.1. The third kappa shape index (κ3) is 4.13. The highest BCUT2D eigenvalue weighted by Crippen LogP contribution is 2.18. The van der Waals surface area contributed by atoms with Crippen molar-refractivity contribution in [3.63, 3.8) is 0 Å². The first-order chi connectivity index (χ1) is 9.56. The minimum Gasteiger partial charge on any atom is -0.352 e. The van der Waals surface area contributed by atoms with Crippen molar-refractivity contribution in [2.75, 3.05) is 0 Å². The summed E-state index contributed by atoms with van der Waals surface area (Å²) in [6.45, 7) is 1.67. The Morgan fingerprint density at radius 3 is 2.80 bits per heavy atom. The van der Waals surface area contributed by atoms with Gasteiger partial charge in [-0.25, -0.2) is 4.39 Å². The van der Waals surface area contributed by atoms with Gasteiger partial charge in [-0.2, -0.15) is 0 Å². The Labute approximate surface area is 121 Å². The van der Waals surface area contributed by atoms with E-state index in [-0.39, 0.29) is 23.5 Å². The van der Waals surface area contributed by atoms with Gasteiger partial charge in [-0.3, -0.25) is 9.00 Å². The van der Waals surface area contributed by atoms with Crippen LogP contribution in [-0.2, 0) is 21.3 Å². The molecular formula is C15H20FNO2S. The predicted octanol–water partition coefficient (Wildman–Crippen LogP) is 2.52. The van der Waals surface area contributed by atoms with E-state index < -0.39 is 16.0 Å². The van der Waals surface area contributed by atoms with Gasteiger partial charge in [0, 0.05) is 22.6 Å². The van der Waals surface area contributed by atoms with E-state index in [0.717, 1.165) is 25.7 Å². The molecule has 1 saturated carbocycles. The Kier molecular flexibility index (Phi) is 5.29. The minimum absolute atomic E-state index is 0.161. The zero-order valence-electron chi connectivity index (χ0n) is 11.6. The lowest BCUT2D eigenvalue weighted by atomic mass is 10.2. The molecule has 2 atom stereocenters. The Hall–Kier alpha value is -1.23. The molecule has 2 rings (SSSR count). The molecule has 20 heavy (non-hydrogen) atoms. The van der Waals surface area contributed by atoms with Gasteiger partial charge in [0.1, 0.15) is 11.1 Å². The van der Waals surface area contributed by atoms with Gasteiger partial charge in [-0.1, -0.05) is 25.0 Å². The number of carbonyl (C=O) groups is 1. The van der Waals surface area contributed by atoms with Gasteiger partial charge in [-0.15, -0.1) is 0 Å². The van der Waals surface area contributed by atoms with Crippen molar-refractivity contribution in [1.29, 1.82) is 0 Å². The number of amides is 1. The van der Waals surface area contributed by atoms with E-state index in [4.69, 9.17) is 0 Å². The van der Waals surface area contributed by atoms with Crippen LogP contribution >= 0.6 is 0 Å². The summed E-state index contributed by atoms with van der Waals surface area (Å²) in [7, 11) is -1.33. The van der Waals surface area contributed by atoms with Crippen molar-refractivity contribution in [1.82, 2.24) is 5.32 Å². The Bertz CT molecular complexity index is 500. The molecular weight excluding hydrogens is 277 g/mol. The van der Waals surface area contributed by atoms with Gasteiger partial charge >= 0.3 is 0 Å². The summed E-state index contributed by atoms with van der Waals surface area (Å²) in [6, 6.07) is 6.26. The van der Waals surface area contributed by atoms with Crippen LogP contribution in [0, 0.1) is 5.82 Å². The molecule has 0 saturated heterocycles. The van der Waals surface area contributed by atoms with E-state index >= 15 is 0 Å². The van der Waals surface area contributed by atoms with Crippen LogP contribution in [0.15, 0.2) is 24.3 Å². The summed E-state index contributed by atoms with van der Waals surface area (Å²) >= 11 is 0.